The van der Waals surface area contributed by atoms with Crippen molar-refractivity contribution in [1.82, 2.24) is 35.8 Å². The maximum absolute atomic E-state index is 14.3. The van der Waals surface area contributed by atoms with E-state index in [1.54, 1.807) is 12.1 Å². The van der Waals surface area contributed by atoms with Crippen LogP contribution in [0, 0.1) is 23.7 Å². The molecule has 3 aromatic rings. The molecule has 1 aromatic carbocycles. The number of H-pyrrole nitrogens is 1. The van der Waals surface area contributed by atoms with Gasteiger partial charge in [0.1, 0.15) is 17.6 Å². The topological polar surface area (TPSA) is 162 Å². The molecule has 2 aliphatic rings. The summed E-state index contributed by atoms with van der Waals surface area (Å²) in [5.74, 6) is -4.00. The molecule has 0 radical (unpaired) electrons. The van der Waals surface area contributed by atoms with Gasteiger partial charge >= 0.3 is 12.2 Å². The van der Waals surface area contributed by atoms with Crippen molar-refractivity contribution >= 4 is 23.0 Å². The van der Waals surface area contributed by atoms with Gasteiger partial charge in [-0.05, 0) is 56.5 Å². The Morgan fingerprint density at radius 1 is 1.28 bits per heavy atom. The van der Waals surface area contributed by atoms with E-state index in [2.05, 4.69) is 41.6 Å². The van der Waals surface area contributed by atoms with Gasteiger partial charge in [0.25, 0.3) is 11.8 Å². The van der Waals surface area contributed by atoms with Crippen LogP contribution in [-0.4, -0.2) is 74.5 Å². The molecule has 12 nitrogen and oxygen atoms in total. The minimum Gasteiger partial charge on any atom is -0.364 e. The molecule has 1 aliphatic heterocycles. The number of carbonyl (C=O) groups excluding carboxylic acids is 2. The van der Waals surface area contributed by atoms with Crippen LogP contribution in [0.25, 0.3) is 11.0 Å². The number of aryl methyl sites for hydroxylation is 1. The number of aromatic amines is 1. The average Bonchev–Trinajstić information content (AvgIpc) is 3.38. The fraction of sp³-hybridized carbons (Fsp3) is 0.538. The van der Waals surface area contributed by atoms with E-state index in [9.17, 15) is 36.8 Å². The van der Waals surface area contributed by atoms with Gasteiger partial charge in [0, 0.05) is 0 Å². The van der Waals surface area contributed by atoms with Crippen LogP contribution >= 0.6 is 0 Å². The summed E-state index contributed by atoms with van der Waals surface area (Å²) < 4.78 is 78.9. The largest absolute Gasteiger partial charge is 0.416 e. The summed E-state index contributed by atoms with van der Waals surface area (Å²) >= 11 is 0. The number of aromatic nitrogens is 4. The van der Waals surface area contributed by atoms with E-state index in [4.69, 9.17) is 4.74 Å². The summed E-state index contributed by atoms with van der Waals surface area (Å²) in [6.07, 6.45) is -3.93. The molecular weight excluding hydrogens is 583 g/mol. The fourth-order valence-corrected chi connectivity index (χ4v) is 4.88. The number of carbonyl (C=O) groups is 2. The van der Waals surface area contributed by atoms with E-state index in [1.807, 2.05) is 0 Å². The molecule has 1 aliphatic carbocycles. The SMILES string of the molecule is Cc1nonc1C(=O)NC(COC(C)(C)C(F)(F)F)c1nc2ccc([C@H](N3CC(F)(F)CNC3=O)C3(C#N)CC3)cc2[nH]1. The number of benzene rings is 1. The van der Waals surface area contributed by atoms with E-state index in [-0.39, 0.29) is 17.2 Å². The Hall–Kier alpha value is -4.33. The number of alkyl halides is 5. The highest BCUT2D eigenvalue weighted by molar-refractivity contribution is 5.93. The number of urea groups is 1. The summed E-state index contributed by atoms with van der Waals surface area (Å²) in [5.41, 5.74) is -2.66. The first-order chi connectivity index (χ1) is 20.1. The zero-order chi connectivity index (χ0) is 31.4. The van der Waals surface area contributed by atoms with Gasteiger partial charge in [0.15, 0.2) is 11.3 Å². The first-order valence-electron chi connectivity index (χ1n) is 13.2. The van der Waals surface area contributed by atoms with Gasteiger partial charge in [-0.2, -0.15) is 18.4 Å². The maximum Gasteiger partial charge on any atom is 0.416 e. The van der Waals surface area contributed by atoms with E-state index in [0.717, 1.165) is 18.7 Å². The molecule has 43 heavy (non-hydrogen) atoms. The molecule has 3 heterocycles. The molecule has 1 saturated heterocycles. The zero-order valence-corrected chi connectivity index (χ0v) is 23.2. The molecule has 0 bridgehead atoms. The number of imidazole rings is 1. The Labute approximate surface area is 240 Å². The number of ether oxygens (including phenoxy) is 1. The minimum absolute atomic E-state index is 0.0211. The number of halogens is 5. The highest BCUT2D eigenvalue weighted by atomic mass is 19.4. The molecule has 3 N–H and O–H groups in total. The van der Waals surface area contributed by atoms with Crippen LogP contribution in [0.4, 0.5) is 26.7 Å². The van der Waals surface area contributed by atoms with E-state index < -0.39 is 66.8 Å². The third-order valence-corrected chi connectivity index (χ3v) is 7.64. The highest BCUT2D eigenvalue weighted by Crippen LogP contribution is 2.57. The smallest absolute Gasteiger partial charge is 0.364 e. The van der Waals surface area contributed by atoms with Crippen molar-refractivity contribution in [3.63, 3.8) is 0 Å². The highest BCUT2D eigenvalue weighted by Gasteiger charge is 2.56. The van der Waals surface area contributed by atoms with Gasteiger partial charge in [-0.25, -0.2) is 23.2 Å². The second-order valence-electron chi connectivity index (χ2n) is 11.3. The predicted molar refractivity (Wildman–Crippen MR) is 136 cm³/mol. The Morgan fingerprint density at radius 2 is 2.00 bits per heavy atom. The van der Waals surface area contributed by atoms with Crippen LogP contribution in [0.3, 0.4) is 0 Å². The van der Waals surface area contributed by atoms with Gasteiger partial charge in [0.05, 0.1) is 48.3 Å². The summed E-state index contributed by atoms with van der Waals surface area (Å²) in [6.45, 7) is 0.781. The van der Waals surface area contributed by atoms with Crippen molar-refractivity contribution in [2.24, 2.45) is 5.41 Å². The van der Waals surface area contributed by atoms with Crippen LogP contribution in [-0.2, 0) is 4.74 Å². The summed E-state index contributed by atoms with van der Waals surface area (Å²) in [7, 11) is 0. The lowest BCUT2D eigenvalue weighted by molar-refractivity contribution is -0.265. The van der Waals surface area contributed by atoms with Crippen molar-refractivity contribution in [3.05, 3.63) is 41.0 Å². The molecule has 2 atom stereocenters. The number of fused-ring (bicyclic) bond motifs is 1. The molecule has 1 unspecified atom stereocenters. The molecule has 17 heteroatoms. The molecule has 3 amide bonds. The summed E-state index contributed by atoms with van der Waals surface area (Å²) in [6, 6.07) is 3.83. The maximum atomic E-state index is 14.3. The first kappa shape index (κ1) is 30.1. The molecule has 2 fully saturated rings. The zero-order valence-electron chi connectivity index (χ0n) is 23.2. The number of nitrogens with zero attached hydrogens (tertiary/aromatic N) is 5. The Kier molecular flexibility index (Phi) is 7.31. The van der Waals surface area contributed by atoms with Crippen LogP contribution < -0.4 is 10.6 Å². The van der Waals surface area contributed by atoms with E-state index in [0.29, 0.717) is 29.4 Å². The molecular formula is C26H27F5N8O4. The van der Waals surface area contributed by atoms with E-state index >= 15 is 0 Å². The number of nitrogens with one attached hydrogen (secondary N) is 3. The number of rotatable bonds is 9. The lowest BCUT2D eigenvalue weighted by atomic mass is 9.89. The van der Waals surface area contributed by atoms with Crippen LogP contribution in [0.5, 0.6) is 0 Å². The lowest BCUT2D eigenvalue weighted by Gasteiger charge is -2.40. The molecule has 2 aromatic heterocycles. The van der Waals surface area contributed by atoms with Gasteiger partial charge in [-0.1, -0.05) is 11.2 Å². The average molecular weight is 611 g/mol. The van der Waals surface area contributed by atoms with Crippen molar-refractivity contribution in [2.45, 2.75) is 63.4 Å². The van der Waals surface area contributed by atoms with Gasteiger partial charge < -0.3 is 25.3 Å². The van der Waals surface area contributed by atoms with E-state index in [1.165, 1.54) is 13.0 Å². The van der Waals surface area contributed by atoms with Crippen LogP contribution in [0.1, 0.15) is 66.3 Å². The predicted octanol–water partition coefficient (Wildman–Crippen LogP) is 4.09. The van der Waals surface area contributed by atoms with Crippen molar-refractivity contribution in [2.75, 3.05) is 19.7 Å². The number of nitriles is 1. The third-order valence-electron chi connectivity index (χ3n) is 7.64. The molecule has 230 valence electrons. The van der Waals surface area contributed by atoms with Gasteiger partial charge in [0.2, 0.25) is 0 Å². The Morgan fingerprint density at radius 3 is 2.60 bits per heavy atom. The monoisotopic (exact) mass is 610 g/mol. The van der Waals surface area contributed by atoms with Crippen LogP contribution in [0.2, 0.25) is 0 Å². The lowest BCUT2D eigenvalue weighted by Crippen LogP contribution is -2.58. The number of hydrogen-bond donors (Lipinski definition) is 3. The Bertz CT molecular complexity index is 1590. The second kappa shape index (κ2) is 10.4. The summed E-state index contributed by atoms with van der Waals surface area (Å²) in [4.78, 5) is 33.9. The van der Waals surface area contributed by atoms with Crippen molar-refractivity contribution in [1.29, 1.82) is 5.26 Å². The van der Waals surface area contributed by atoms with Crippen molar-refractivity contribution < 1.29 is 40.9 Å². The molecule has 1 saturated carbocycles. The first-order valence-corrected chi connectivity index (χ1v) is 13.2. The number of hydrogen-bond acceptors (Lipinski definition) is 8. The molecule has 0 spiro atoms. The second-order valence-corrected chi connectivity index (χ2v) is 11.3. The normalized spacial score (nSPS) is 19.4. The fourth-order valence-electron chi connectivity index (χ4n) is 4.88. The third kappa shape index (κ3) is 5.83. The van der Waals surface area contributed by atoms with Gasteiger partial charge in [-0.3, -0.25) is 4.79 Å². The minimum atomic E-state index is -4.72. The van der Waals surface area contributed by atoms with Gasteiger partial charge in [-0.15, -0.1) is 0 Å². The van der Waals surface area contributed by atoms with Crippen molar-refractivity contribution in [3.8, 4) is 6.07 Å². The standard InChI is InChI=1S/C26H27F5N8O4/c1-13-18(38-43-37-13)21(40)36-17(9-42-23(2,3)26(29,30)31)20-34-15-5-4-14(8-16(15)35-20)19(24(10-32)6-7-24)39-12-25(27,28)11-33-22(39)41/h4-5,8,17,19H,6-7,9,11-12H2,1-3H3,(H,33,41)(H,34,35)(H,36,40)/t17?,19-/m0/s1. The van der Waals surface area contributed by atoms with Crippen LogP contribution in [0.15, 0.2) is 22.8 Å². The summed E-state index contributed by atoms with van der Waals surface area (Å²) in [5, 5.41) is 21.7. The number of amides is 3. The molecule has 5 rings (SSSR count). The Balaban J connectivity index is 1.50. The quantitative estimate of drug-likeness (QED) is 0.305.